The molecule has 2 N–H and O–H groups in total. The molecule has 4 heterocycles. The minimum Gasteiger partial charge on any atom is -0.444 e. The smallest absolute Gasteiger partial charge is 0.410 e. The summed E-state index contributed by atoms with van der Waals surface area (Å²) in [6.45, 7) is 13.9. The Bertz CT molecular complexity index is 1050. The maximum Gasteiger partial charge on any atom is 0.410 e. The molecule has 11 heteroatoms. The van der Waals surface area contributed by atoms with Crippen molar-refractivity contribution < 1.29 is 14.3 Å². The van der Waals surface area contributed by atoms with Crippen LogP contribution < -0.4 is 10.6 Å². The molecule has 2 aromatic rings. The predicted octanol–water partition coefficient (Wildman–Crippen LogP) is 2.76. The van der Waals surface area contributed by atoms with Crippen molar-refractivity contribution >= 4 is 23.7 Å². The van der Waals surface area contributed by atoms with Crippen LogP contribution in [0.5, 0.6) is 0 Å². The Hall–Kier alpha value is -3.11. The van der Waals surface area contributed by atoms with E-state index in [2.05, 4.69) is 39.5 Å². The van der Waals surface area contributed by atoms with Crippen LogP contribution in [0.1, 0.15) is 64.8 Å². The van der Waals surface area contributed by atoms with Crippen LogP contribution in [0.15, 0.2) is 6.20 Å². The fraction of sp³-hybridized carbons (Fsp3) is 0.696. The largest absolute Gasteiger partial charge is 0.444 e. The Morgan fingerprint density at radius 3 is 2.38 bits per heavy atom. The molecule has 2 fully saturated rings. The molecule has 2 saturated heterocycles. The van der Waals surface area contributed by atoms with Gasteiger partial charge in [0.1, 0.15) is 11.4 Å². The van der Waals surface area contributed by atoms with Gasteiger partial charge in [-0.3, -0.25) is 0 Å². The lowest BCUT2D eigenvalue weighted by Crippen LogP contribution is -2.63. The van der Waals surface area contributed by atoms with E-state index in [9.17, 15) is 9.59 Å². The van der Waals surface area contributed by atoms with Crippen LogP contribution in [0.4, 0.5) is 15.5 Å². The zero-order chi connectivity index (χ0) is 24.6. The standard InChI is InChI=1S/C23H36N8O3/c1-14(2)18-11-24-31-19(18)25-15(3)26-20(31)27-16-7-9-29(10-8-16)21(32)28-17-12-30(13-17)22(33)34-23(4,5)6/h11,14,16-17H,7-10,12-13H2,1-6H3,(H,28,32)(H,25,26,27). The van der Waals surface area contributed by atoms with E-state index in [-0.39, 0.29) is 24.2 Å². The summed E-state index contributed by atoms with van der Waals surface area (Å²) in [4.78, 5) is 37.3. The molecular weight excluding hydrogens is 436 g/mol. The number of ether oxygens (including phenoxy) is 1. The highest BCUT2D eigenvalue weighted by Gasteiger charge is 2.35. The lowest BCUT2D eigenvalue weighted by Gasteiger charge is -2.41. The average molecular weight is 473 g/mol. The van der Waals surface area contributed by atoms with Crippen LogP contribution in [-0.2, 0) is 4.74 Å². The highest BCUT2D eigenvalue weighted by Crippen LogP contribution is 2.22. The Morgan fingerprint density at radius 1 is 1.09 bits per heavy atom. The highest BCUT2D eigenvalue weighted by atomic mass is 16.6. The number of fused-ring (bicyclic) bond motifs is 1. The number of nitrogens with one attached hydrogen (secondary N) is 2. The molecular formula is C23H36N8O3. The second-order valence-corrected chi connectivity index (χ2v) is 10.5. The van der Waals surface area contributed by atoms with Gasteiger partial charge in [0.05, 0.1) is 12.2 Å². The van der Waals surface area contributed by atoms with E-state index in [1.807, 2.05) is 38.8 Å². The molecule has 2 aromatic heterocycles. The molecule has 2 aliphatic rings. The lowest BCUT2D eigenvalue weighted by molar-refractivity contribution is 0.00575. The SMILES string of the molecule is Cc1nc(NC2CCN(C(=O)NC3CN(C(=O)OC(C)(C)C)C3)CC2)n2ncc(C(C)C)c2n1. The highest BCUT2D eigenvalue weighted by molar-refractivity contribution is 5.76. The molecule has 0 atom stereocenters. The van der Waals surface area contributed by atoms with E-state index >= 15 is 0 Å². The number of hydrogen-bond donors (Lipinski definition) is 2. The lowest BCUT2D eigenvalue weighted by atomic mass is 10.1. The molecule has 0 saturated carbocycles. The maximum absolute atomic E-state index is 12.7. The second-order valence-electron chi connectivity index (χ2n) is 10.5. The summed E-state index contributed by atoms with van der Waals surface area (Å²) in [5.41, 5.74) is 1.41. The Morgan fingerprint density at radius 2 is 1.76 bits per heavy atom. The quantitative estimate of drug-likeness (QED) is 0.703. The summed E-state index contributed by atoms with van der Waals surface area (Å²) >= 11 is 0. The first-order valence-corrected chi connectivity index (χ1v) is 12.0. The molecule has 0 aromatic carbocycles. The third kappa shape index (κ3) is 5.34. The Labute approximate surface area is 200 Å². The van der Waals surface area contributed by atoms with Gasteiger partial charge in [0.25, 0.3) is 0 Å². The van der Waals surface area contributed by atoms with Crippen molar-refractivity contribution in [2.24, 2.45) is 0 Å². The van der Waals surface area contributed by atoms with E-state index in [0.717, 1.165) is 24.1 Å². The van der Waals surface area contributed by atoms with Gasteiger partial charge in [0, 0.05) is 37.8 Å². The van der Waals surface area contributed by atoms with Gasteiger partial charge in [-0.1, -0.05) is 13.8 Å². The summed E-state index contributed by atoms with van der Waals surface area (Å²) in [7, 11) is 0. The molecule has 0 radical (unpaired) electrons. The second kappa shape index (κ2) is 9.27. The Balaban J connectivity index is 1.26. The number of rotatable bonds is 4. The molecule has 11 nitrogen and oxygen atoms in total. The zero-order valence-electron chi connectivity index (χ0n) is 21.0. The average Bonchev–Trinajstić information content (AvgIpc) is 3.13. The molecule has 0 bridgehead atoms. The summed E-state index contributed by atoms with van der Waals surface area (Å²) in [5, 5.41) is 11.0. The van der Waals surface area contributed by atoms with Crippen LogP contribution in [0.2, 0.25) is 0 Å². The fourth-order valence-electron chi connectivity index (χ4n) is 4.22. The molecule has 0 aliphatic carbocycles. The normalized spacial score (nSPS) is 17.7. The van der Waals surface area contributed by atoms with Crippen molar-refractivity contribution in [3.05, 3.63) is 17.6 Å². The van der Waals surface area contributed by atoms with Gasteiger partial charge in [0.15, 0.2) is 5.65 Å². The van der Waals surface area contributed by atoms with Crippen molar-refractivity contribution in [2.45, 2.75) is 78.0 Å². The predicted molar refractivity (Wildman–Crippen MR) is 128 cm³/mol. The Kier molecular flexibility index (Phi) is 6.55. The third-order valence-corrected chi connectivity index (χ3v) is 6.11. The number of carbonyl (C=O) groups is 2. The van der Waals surface area contributed by atoms with Crippen LogP contribution in [0.3, 0.4) is 0 Å². The molecule has 186 valence electrons. The van der Waals surface area contributed by atoms with Gasteiger partial charge in [-0.05, 0) is 46.5 Å². The van der Waals surface area contributed by atoms with Crippen LogP contribution >= 0.6 is 0 Å². The number of carbonyl (C=O) groups excluding carboxylic acids is 2. The molecule has 4 rings (SSSR count). The van der Waals surface area contributed by atoms with E-state index in [1.165, 1.54) is 0 Å². The van der Waals surface area contributed by atoms with Crippen molar-refractivity contribution in [1.82, 2.24) is 34.7 Å². The molecule has 0 spiro atoms. The first kappa shape index (κ1) is 24.0. The zero-order valence-corrected chi connectivity index (χ0v) is 21.0. The van der Waals surface area contributed by atoms with Crippen molar-refractivity contribution in [3.63, 3.8) is 0 Å². The van der Waals surface area contributed by atoms with Crippen LogP contribution in [-0.4, -0.2) is 85.4 Å². The monoisotopic (exact) mass is 472 g/mol. The van der Waals surface area contributed by atoms with Crippen LogP contribution in [0.25, 0.3) is 5.65 Å². The van der Waals surface area contributed by atoms with Gasteiger partial charge in [0.2, 0.25) is 5.95 Å². The number of hydrogen-bond acceptors (Lipinski definition) is 7. The number of anilines is 1. The molecule has 34 heavy (non-hydrogen) atoms. The summed E-state index contributed by atoms with van der Waals surface area (Å²) in [5.74, 6) is 1.72. The number of urea groups is 1. The number of amides is 3. The molecule has 0 unspecified atom stereocenters. The van der Waals surface area contributed by atoms with Gasteiger partial charge >= 0.3 is 12.1 Å². The minimum absolute atomic E-state index is 0.0388. The maximum atomic E-state index is 12.7. The summed E-state index contributed by atoms with van der Waals surface area (Å²) < 4.78 is 7.13. The van der Waals surface area contributed by atoms with Crippen molar-refractivity contribution in [2.75, 3.05) is 31.5 Å². The van der Waals surface area contributed by atoms with Gasteiger partial charge in [-0.2, -0.15) is 14.6 Å². The number of aryl methyl sites for hydroxylation is 1. The van der Waals surface area contributed by atoms with Crippen LogP contribution in [0, 0.1) is 6.92 Å². The van der Waals surface area contributed by atoms with Gasteiger partial charge in [-0.15, -0.1) is 0 Å². The topological polar surface area (TPSA) is 117 Å². The van der Waals surface area contributed by atoms with Gasteiger partial charge in [-0.25, -0.2) is 14.6 Å². The summed E-state index contributed by atoms with van der Waals surface area (Å²) in [6.07, 6.45) is 3.14. The summed E-state index contributed by atoms with van der Waals surface area (Å²) in [6, 6.07) is 0.0731. The number of likely N-dealkylation sites (tertiary alicyclic amines) is 2. The van der Waals surface area contributed by atoms with E-state index in [1.54, 1.807) is 9.42 Å². The fourth-order valence-corrected chi connectivity index (χ4v) is 4.22. The van der Waals surface area contributed by atoms with E-state index < -0.39 is 5.60 Å². The third-order valence-electron chi connectivity index (χ3n) is 6.11. The number of piperidine rings is 1. The van der Waals surface area contributed by atoms with E-state index in [4.69, 9.17) is 4.74 Å². The van der Waals surface area contributed by atoms with E-state index in [0.29, 0.717) is 43.9 Å². The first-order valence-electron chi connectivity index (χ1n) is 12.0. The number of nitrogens with zero attached hydrogens (tertiary/aromatic N) is 6. The minimum atomic E-state index is -0.520. The van der Waals surface area contributed by atoms with Gasteiger partial charge < -0.3 is 25.2 Å². The number of aromatic nitrogens is 4. The van der Waals surface area contributed by atoms with Crippen molar-refractivity contribution in [3.8, 4) is 0 Å². The molecule has 3 amide bonds. The molecule has 2 aliphatic heterocycles. The van der Waals surface area contributed by atoms with Crippen molar-refractivity contribution in [1.29, 1.82) is 0 Å². The first-order chi connectivity index (χ1) is 16.0.